The Labute approximate surface area is 114 Å². The molecule has 2 fully saturated rings. The predicted molar refractivity (Wildman–Crippen MR) is 71.7 cm³/mol. The van der Waals surface area contributed by atoms with Crippen LogP contribution in [-0.4, -0.2) is 57.7 Å². The fourth-order valence-corrected chi connectivity index (χ4v) is 3.52. The number of amides is 2. The molecule has 5 nitrogen and oxygen atoms in total. The fraction of sp³-hybridized carbons (Fsp3) is 0.857. The zero-order valence-corrected chi connectivity index (χ0v) is 12.2. The molecule has 5 heteroatoms. The number of quaternary nitrogens is 1. The summed E-state index contributed by atoms with van der Waals surface area (Å²) in [5.74, 6) is 0.198. The number of rotatable bonds is 1. The lowest BCUT2D eigenvalue weighted by Crippen LogP contribution is -2.69. The van der Waals surface area contributed by atoms with E-state index in [1.165, 1.54) is 0 Å². The van der Waals surface area contributed by atoms with Crippen LogP contribution in [0.15, 0.2) is 0 Å². The smallest absolute Gasteiger partial charge is 0.435 e. The fourth-order valence-electron chi connectivity index (χ4n) is 3.52. The summed E-state index contributed by atoms with van der Waals surface area (Å²) in [7, 11) is 0. The van der Waals surface area contributed by atoms with E-state index in [0.29, 0.717) is 19.5 Å². The first-order valence-corrected chi connectivity index (χ1v) is 7.18. The Morgan fingerprint density at radius 2 is 2.05 bits per heavy atom. The Morgan fingerprint density at radius 1 is 1.37 bits per heavy atom. The van der Waals surface area contributed by atoms with Crippen molar-refractivity contribution in [2.45, 2.75) is 58.0 Å². The first-order valence-electron chi connectivity index (χ1n) is 7.18. The summed E-state index contributed by atoms with van der Waals surface area (Å²) in [6.45, 7) is 7.95. The molecule has 0 saturated carbocycles. The molecular formula is C14H25N2O3+. The average molecular weight is 269 g/mol. The SMILES string of the molecule is CC(C)(C)[N+]1(C(=O)O)CCC[C@H](N2CCCC2=O)C1. The van der Waals surface area contributed by atoms with Crippen LogP contribution in [0.4, 0.5) is 4.79 Å². The van der Waals surface area contributed by atoms with E-state index < -0.39 is 6.09 Å². The number of carbonyl (C=O) groups excluding carboxylic acids is 1. The van der Waals surface area contributed by atoms with E-state index >= 15 is 0 Å². The lowest BCUT2D eigenvalue weighted by atomic mass is 9.93. The third-order valence-corrected chi connectivity index (χ3v) is 4.80. The molecule has 0 radical (unpaired) electrons. The van der Waals surface area contributed by atoms with Gasteiger partial charge < -0.3 is 10.0 Å². The molecule has 2 aliphatic rings. The summed E-state index contributed by atoms with van der Waals surface area (Å²) in [6, 6.07) is 0.0964. The van der Waals surface area contributed by atoms with Gasteiger partial charge >= 0.3 is 6.09 Å². The predicted octanol–water partition coefficient (Wildman–Crippen LogP) is 2.06. The van der Waals surface area contributed by atoms with Gasteiger partial charge in [0, 0.05) is 13.0 Å². The van der Waals surface area contributed by atoms with Crippen molar-refractivity contribution in [3.63, 3.8) is 0 Å². The van der Waals surface area contributed by atoms with Crippen LogP contribution in [0.2, 0.25) is 0 Å². The molecule has 108 valence electrons. The molecule has 1 unspecified atom stereocenters. The van der Waals surface area contributed by atoms with Gasteiger partial charge in [-0.25, -0.2) is 4.48 Å². The lowest BCUT2D eigenvalue weighted by molar-refractivity contribution is -0.909. The third-order valence-electron chi connectivity index (χ3n) is 4.80. The molecule has 2 amide bonds. The number of carboxylic acid groups (broad SMARTS) is 1. The minimum Gasteiger partial charge on any atom is -0.435 e. The second-order valence-electron chi connectivity index (χ2n) is 6.81. The Hall–Kier alpha value is -1.10. The van der Waals surface area contributed by atoms with Crippen LogP contribution in [0.5, 0.6) is 0 Å². The van der Waals surface area contributed by atoms with E-state index in [4.69, 9.17) is 0 Å². The highest BCUT2D eigenvalue weighted by molar-refractivity contribution is 5.78. The summed E-state index contributed by atoms with van der Waals surface area (Å²) >= 11 is 0. The van der Waals surface area contributed by atoms with Gasteiger partial charge in [0.1, 0.15) is 12.1 Å². The summed E-state index contributed by atoms with van der Waals surface area (Å²) < 4.78 is 0.0709. The largest absolute Gasteiger partial charge is 0.514 e. The minimum absolute atomic E-state index is 0.0709. The molecule has 0 spiro atoms. The van der Waals surface area contributed by atoms with Crippen molar-refractivity contribution in [2.24, 2.45) is 0 Å². The highest BCUT2D eigenvalue weighted by atomic mass is 16.4. The van der Waals surface area contributed by atoms with Crippen molar-refractivity contribution in [3.8, 4) is 0 Å². The van der Waals surface area contributed by atoms with Gasteiger partial charge in [0.2, 0.25) is 5.91 Å². The molecule has 0 bridgehead atoms. The van der Waals surface area contributed by atoms with E-state index in [1.807, 2.05) is 25.7 Å². The molecule has 1 N–H and O–H groups in total. The Kier molecular flexibility index (Phi) is 3.60. The molecule has 2 atom stereocenters. The van der Waals surface area contributed by atoms with Crippen LogP contribution >= 0.6 is 0 Å². The number of piperidine rings is 1. The Morgan fingerprint density at radius 3 is 2.53 bits per heavy atom. The highest BCUT2D eigenvalue weighted by Gasteiger charge is 2.52. The van der Waals surface area contributed by atoms with E-state index in [-0.39, 0.29) is 22.0 Å². The molecule has 19 heavy (non-hydrogen) atoms. The second-order valence-corrected chi connectivity index (χ2v) is 6.81. The van der Waals surface area contributed by atoms with Crippen molar-refractivity contribution in [1.82, 2.24) is 4.90 Å². The van der Waals surface area contributed by atoms with Crippen LogP contribution in [0.25, 0.3) is 0 Å². The van der Waals surface area contributed by atoms with E-state index in [0.717, 1.165) is 25.8 Å². The number of hydrogen-bond donors (Lipinski definition) is 1. The maximum absolute atomic E-state index is 11.9. The summed E-state index contributed by atoms with van der Waals surface area (Å²) in [5, 5.41) is 9.72. The normalized spacial score (nSPS) is 32.7. The molecule has 2 heterocycles. The zero-order valence-electron chi connectivity index (χ0n) is 12.2. The quantitative estimate of drug-likeness (QED) is 0.741. The Bertz CT molecular complexity index is 389. The average Bonchev–Trinajstić information content (AvgIpc) is 2.74. The third kappa shape index (κ3) is 2.36. The molecule has 0 aliphatic carbocycles. The minimum atomic E-state index is -0.760. The maximum atomic E-state index is 11.9. The van der Waals surface area contributed by atoms with Crippen LogP contribution in [0, 0.1) is 0 Å². The molecule has 2 rings (SSSR count). The van der Waals surface area contributed by atoms with Crippen molar-refractivity contribution < 1.29 is 19.2 Å². The zero-order chi connectivity index (χ0) is 14.3. The van der Waals surface area contributed by atoms with Crippen molar-refractivity contribution in [1.29, 1.82) is 0 Å². The first kappa shape index (κ1) is 14.3. The summed E-state index contributed by atoms with van der Waals surface area (Å²) in [6.07, 6.45) is 2.59. The van der Waals surface area contributed by atoms with Crippen molar-refractivity contribution in [3.05, 3.63) is 0 Å². The van der Waals surface area contributed by atoms with Gasteiger partial charge in [-0.3, -0.25) is 4.79 Å². The standard InChI is InChI=1S/C14H24N2O3/c1-14(2,3)16(13(18)19)9-5-6-11(10-16)15-8-4-7-12(15)17/h11H,4-10H2,1-3H3/p+1/t11-,16?/m0/s1. The number of likely N-dealkylation sites (tertiary alicyclic amines) is 2. The van der Waals surface area contributed by atoms with Crippen molar-refractivity contribution in [2.75, 3.05) is 19.6 Å². The van der Waals surface area contributed by atoms with Crippen LogP contribution < -0.4 is 0 Å². The van der Waals surface area contributed by atoms with Crippen LogP contribution in [0.3, 0.4) is 0 Å². The number of hydrogen-bond acceptors (Lipinski definition) is 2. The molecule has 2 saturated heterocycles. The van der Waals surface area contributed by atoms with E-state index in [2.05, 4.69) is 0 Å². The van der Waals surface area contributed by atoms with Gasteiger partial charge in [0.05, 0.1) is 12.6 Å². The van der Waals surface area contributed by atoms with E-state index in [1.54, 1.807) is 0 Å². The van der Waals surface area contributed by atoms with Gasteiger partial charge in [0.15, 0.2) is 0 Å². The summed E-state index contributed by atoms with van der Waals surface area (Å²) in [5.41, 5.74) is -0.340. The van der Waals surface area contributed by atoms with Crippen LogP contribution in [0.1, 0.15) is 46.5 Å². The van der Waals surface area contributed by atoms with Crippen LogP contribution in [-0.2, 0) is 4.79 Å². The van der Waals surface area contributed by atoms with Gasteiger partial charge in [-0.05, 0) is 40.0 Å². The first-order chi connectivity index (χ1) is 8.78. The maximum Gasteiger partial charge on any atom is 0.514 e. The molecular weight excluding hydrogens is 244 g/mol. The molecule has 0 aromatic rings. The molecule has 0 aromatic heterocycles. The van der Waals surface area contributed by atoms with Gasteiger partial charge in [-0.1, -0.05) is 0 Å². The number of nitrogens with zero attached hydrogens (tertiary/aromatic N) is 2. The topological polar surface area (TPSA) is 57.6 Å². The van der Waals surface area contributed by atoms with Gasteiger partial charge in [-0.15, -0.1) is 0 Å². The second kappa shape index (κ2) is 4.78. The molecule has 2 aliphatic heterocycles. The van der Waals surface area contributed by atoms with Gasteiger partial charge in [0.25, 0.3) is 0 Å². The lowest BCUT2D eigenvalue weighted by Gasteiger charge is -2.49. The van der Waals surface area contributed by atoms with Crippen molar-refractivity contribution >= 4 is 12.0 Å². The highest BCUT2D eigenvalue weighted by Crippen LogP contribution is 2.33. The monoisotopic (exact) mass is 269 g/mol. The van der Waals surface area contributed by atoms with E-state index in [9.17, 15) is 14.7 Å². The number of carbonyl (C=O) groups is 2. The summed E-state index contributed by atoms with van der Waals surface area (Å²) in [4.78, 5) is 25.6. The Balaban J connectivity index is 2.23. The molecule has 0 aromatic carbocycles. The van der Waals surface area contributed by atoms with Gasteiger partial charge in [-0.2, -0.15) is 4.79 Å².